The van der Waals surface area contributed by atoms with E-state index < -0.39 is 49.4 Å². The van der Waals surface area contributed by atoms with Gasteiger partial charge in [-0.15, -0.1) is 4.73 Å². The van der Waals surface area contributed by atoms with Crippen LogP contribution in [0.1, 0.15) is 0 Å². The summed E-state index contributed by atoms with van der Waals surface area (Å²) in [5.74, 6) is -1.80. The van der Waals surface area contributed by atoms with E-state index in [2.05, 4.69) is 9.61 Å². The molecule has 0 radical (unpaired) electrons. The van der Waals surface area contributed by atoms with E-state index in [0.717, 1.165) is 4.90 Å². The van der Waals surface area contributed by atoms with Gasteiger partial charge in [0.25, 0.3) is 7.37 Å². The minimum absolute atomic E-state index is 0.171. The number of anilines is 1. The van der Waals surface area contributed by atoms with Gasteiger partial charge in [0, 0.05) is 14.1 Å². The molecule has 1 aromatic rings. The highest BCUT2D eigenvalue weighted by Crippen LogP contribution is 2.51. The first kappa shape index (κ1) is 20.3. The minimum Gasteiger partial charge on any atom is -0.360 e. The SMILES string of the molecule is CN(C)c1nc(=O)n(OP(=O)(CC(F)(F)F)CC(F)(F)F)cc1F. The molecular weight excluding hydrogens is 374 g/mol. The summed E-state index contributed by atoms with van der Waals surface area (Å²) >= 11 is 0. The molecule has 0 spiro atoms. The molecule has 138 valence electrons. The second-order valence-corrected chi connectivity index (χ2v) is 7.28. The van der Waals surface area contributed by atoms with Crippen molar-refractivity contribution < 1.29 is 39.9 Å². The second kappa shape index (κ2) is 6.61. The van der Waals surface area contributed by atoms with E-state index >= 15 is 0 Å². The Bertz CT molecular complexity index is 678. The fraction of sp³-hybridized carbons (Fsp3) is 0.600. The lowest BCUT2D eigenvalue weighted by Crippen LogP contribution is -2.34. The lowest BCUT2D eigenvalue weighted by molar-refractivity contribution is -0.115. The average Bonchev–Trinajstić information content (AvgIpc) is 2.27. The van der Waals surface area contributed by atoms with E-state index in [1.807, 2.05) is 0 Å². The molecule has 1 aromatic heterocycles. The van der Waals surface area contributed by atoms with Gasteiger partial charge in [-0.2, -0.15) is 31.3 Å². The molecule has 0 aliphatic heterocycles. The lowest BCUT2D eigenvalue weighted by Gasteiger charge is -2.22. The monoisotopic (exact) mass is 385 g/mol. The molecule has 0 aromatic carbocycles. The van der Waals surface area contributed by atoms with Crippen LogP contribution >= 0.6 is 7.37 Å². The Kier molecular flexibility index (Phi) is 5.58. The van der Waals surface area contributed by atoms with Crippen LogP contribution in [0.5, 0.6) is 0 Å². The maximum atomic E-state index is 13.7. The lowest BCUT2D eigenvalue weighted by atomic mass is 10.5. The van der Waals surface area contributed by atoms with Crippen LogP contribution in [0.2, 0.25) is 0 Å². The Hall–Kier alpha value is -1.78. The van der Waals surface area contributed by atoms with Gasteiger partial charge in [-0.3, -0.25) is 4.57 Å². The fourth-order valence-corrected chi connectivity index (χ4v) is 3.36. The summed E-state index contributed by atoms with van der Waals surface area (Å²) in [7, 11) is -2.91. The summed E-state index contributed by atoms with van der Waals surface area (Å²) in [5.41, 5.74) is -1.52. The van der Waals surface area contributed by atoms with Gasteiger partial charge in [-0.1, -0.05) is 0 Å². The van der Waals surface area contributed by atoms with Crippen molar-refractivity contribution in [3.05, 3.63) is 22.5 Å². The molecule has 0 aliphatic rings. The van der Waals surface area contributed by atoms with Gasteiger partial charge < -0.3 is 9.52 Å². The highest BCUT2D eigenvalue weighted by molar-refractivity contribution is 7.59. The number of nitrogens with zero attached hydrogens (tertiary/aromatic N) is 3. The molecule has 0 bridgehead atoms. The van der Waals surface area contributed by atoms with Crippen LogP contribution in [0.25, 0.3) is 0 Å². The zero-order chi connectivity index (χ0) is 18.9. The van der Waals surface area contributed by atoms with Crippen molar-refractivity contribution in [1.82, 2.24) is 9.71 Å². The van der Waals surface area contributed by atoms with Crippen LogP contribution in [0.15, 0.2) is 11.0 Å². The molecule has 14 heteroatoms. The normalized spacial score (nSPS) is 13.0. The highest BCUT2D eigenvalue weighted by atomic mass is 31.2. The van der Waals surface area contributed by atoms with Gasteiger partial charge in [-0.05, 0) is 0 Å². The first-order chi connectivity index (χ1) is 10.6. The molecule has 1 rings (SSSR count). The number of rotatable bonds is 5. The summed E-state index contributed by atoms with van der Waals surface area (Å²) in [5, 5.41) is 0. The predicted octanol–water partition coefficient (Wildman–Crippen LogP) is 2.28. The summed E-state index contributed by atoms with van der Waals surface area (Å²) in [6, 6.07) is 0. The molecule has 0 aliphatic carbocycles. The van der Waals surface area contributed by atoms with Crippen LogP contribution in [0, 0.1) is 5.82 Å². The molecule has 0 saturated carbocycles. The number of halogens is 7. The molecule has 1 heterocycles. The van der Waals surface area contributed by atoms with Crippen LogP contribution in [-0.2, 0) is 4.57 Å². The standard InChI is InChI=1S/C10H11F7N3O3P/c1-19(2)7-6(11)3-20(8(21)18-7)23-24(22,4-9(12,13)14)5-10(15,16)17/h3H,4-5H2,1-2H3. The van der Waals surface area contributed by atoms with Crippen LogP contribution < -0.4 is 15.2 Å². The van der Waals surface area contributed by atoms with Gasteiger partial charge in [0.2, 0.25) is 0 Å². The predicted molar refractivity (Wildman–Crippen MR) is 68.8 cm³/mol. The van der Waals surface area contributed by atoms with Crippen molar-refractivity contribution in [2.45, 2.75) is 12.4 Å². The van der Waals surface area contributed by atoms with E-state index in [-0.39, 0.29) is 10.9 Å². The summed E-state index contributed by atoms with van der Waals surface area (Å²) < 4.78 is 104. The van der Waals surface area contributed by atoms with E-state index in [9.17, 15) is 40.1 Å². The third-order valence-electron chi connectivity index (χ3n) is 2.34. The zero-order valence-corrected chi connectivity index (χ0v) is 13.0. The Morgan fingerprint density at radius 3 is 2.00 bits per heavy atom. The van der Waals surface area contributed by atoms with Crippen molar-refractivity contribution in [1.29, 1.82) is 0 Å². The van der Waals surface area contributed by atoms with E-state index in [1.165, 1.54) is 14.1 Å². The van der Waals surface area contributed by atoms with E-state index in [1.54, 1.807) is 0 Å². The van der Waals surface area contributed by atoms with Crippen molar-refractivity contribution in [2.24, 2.45) is 0 Å². The van der Waals surface area contributed by atoms with Crippen molar-refractivity contribution in [3.8, 4) is 0 Å². The molecule has 0 N–H and O–H groups in total. The van der Waals surface area contributed by atoms with Gasteiger partial charge in [0.05, 0.1) is 6.20 Å². The molecule has 0 amide bonds. The molecular formula is C10H11F7N3O3P. The molecule has 0 saturated heterocycles. The van der Waals surface area contributed by atoms with Crippen LogP contribution in [0.4, 0.5) is 36.6 Å². The summed E-state index contributed by atoms with van der Waals surface area (Å²) in [6.45, 7) is 0. The Labute approximate surface area is 130 Å². The number of aromatic nitrogens is 2. The highest BCUT2D eigenvalue weighted by Gasteiger charge is 2.48. The molecule has 6 nitrogen and oxygen atoms in total. The van der Waals surface area contributed by atoms with Crippen molar-refractivity contribution in [2.75, 3.05) is 31.3 Å². The van der Waals surface area contributed by atoms with Crippen LogP contribution in [-0.4, -0.2) is 48.5 Å². The Morgan fingerprint density at radius 1 is 1.17 bits per heavy atom. The van der Waals surface area contributed by atoms with Gasteiger partial charge >= 0.3 is 18.0 Å². The van der Waals surface area contributed by atoms with E-state index in [0.29, 0.717) is 0 Å². The largest absolute Gasteiger partial charge is 0.399 e. The smallest absolute Gasteiger partial charge is 0.360 e. The molecule has 24 heavy (non-hydrogen) atoms. The topological polar surface area (TPSA) is 64.4 Å². The van der Waals surface area contributed by atoms with Crippen molar-refractivity contribution >= 4 is 13.2 Å². The third-order valence-corrected chi connectivity index (χ3v) is 4.49. The number of hydrogen-bond donors (Lipinski definition) is 0. The fourth-order valence-electron chi connectivity index (χ4n) is 1.60. The van der Waals surface area contributed by atoms with E-state index in [4.69, 9.17) is 0 Å². The van der Waals surface area contributed by atoms with Crippen LogP contribution in [0.3, 0.4) is 0 Å². The maximum absolute atomic E-state index is 13.7. The van der Waals surface area contributed by atoms with Crippen molar-refractivity contribution in [3.63, 3.8) is 0 Å². The van der Waals surface area contributed by atoms with Gasteiger partial charge in [0.1, 0.15) is 12.3 Å². The van der Waals surface area contributed by atoms with Gasteiger partial charge in [0.15, 0.2) is 11.6 Å². The number of hydrogen-bond acceptors (Lipinski definition) is 5. The molecule has 0 unspecified atom stereocenters. The quantitative estimate of drug-likeness (QED) is 0.575. The maximum Gasteiger partial charge on any atom is 0.399 e. The zero-order valence-electron chi connectivity index (χ0n) is 12.2. The summed E-state index contributed by atoms with van der Waals surface area (Å²) in [4.78, 5) is 15.7. The van der Waals surface area contributed by atoms with Gasteiger partial charge in [-0.25, -0.2) is 9.18 Å². The second-order valence-electron chi connectivity index (χ2n) is 4.86. The first-order valence-electron chi connectivity index (χ1n) is 6.00. The third kappa shape index (κ3) is 6.02. The molecule has 0 fully saturated rings. The number of alkyl halides is 6. The minimum atomic E-state index is -5.48. The Morgan fingerprint density at radius 2 is 1.62 bits per heavy atom. The summed E-state index contributed by atoms with van der Waals surface area (Å²) in [6.07, 6.45) is -15.2. The average molecular weight is 385 g/mol. The molecule has 0 atom stereocenters. The Balaban J connectivity index is 3.27. The first-order valence-corrected chi connectivity index (χ1v) is 8.00.